The lowest BCUT2D eigenvalue weighted by Gasteiger charge is -2.31. The highest BCUT2D eigenvalue weighted by Gasteiger charge is 2.25. The van der Waals surface area contributed by atoms with Crippen LogP contribution in [0.25, 0.3) is 11.0 Å². The maximum Gasteiger partial charge on any atom is 0.248 e. The first-order valence-electron chi connectivity index (χ1n) is 10.8. The first-order valence-corrected chi connectivity index (χ1v) is 10.8. The number of amides is 1. The molecule has 1 amide bonds. The predicted molar refractivity (Wildman–Crippen MR) is 125 cm³/mol. The lowest BCUT2D eigenvalue weighted by molar-refractivity contribution is 0.100. The maximum atomic E-state index is 11.3. The van der Waals surface area contributed by atoms with E-state index in [0.717, 1.165) is 29.7 Å². The smallest absolute Gasteiger partial charge is 0.248 e. The number of nitrogens with one attached hydrogen (secondary N) is 1. The Morgan fingerprint density at radius 2 is 2.00 bits per heavy atom. The van der Waals surface area contributed by atoms with Crippen molar-refractivity contribution in [1.29, 1.82) is 0 Å². The van der Waals surface area contributed by atoms with Crippen molar-refractivity contribution in [3.05, 3.63) is 89.3 Å². The van der Waals surface area contributed by atoms with Crippen LogP contribution in [-0.4, -0.2) is 37.8 Å². The summed E-state index contributed by atoms with van der Waals surface area (Å²) in [7, 11) is 2.11. The quantitative estimate of drug-likeness (QED) is 0.512. The van der Waals surface area contributed by atoms with Gasteiger partial charge >= 0.3 is 0 Å². The third-order valence-corrected chi connectivity index (χ3v) is 5.76. The molecule has 1 atom stereocenters. The summed E-state index contributed by atoms with van der Waals surface area (Å²) >= 11 is 0. The first kappa shape index (κ1) is 21.6. The van der Waals surface area contributed by atoms with E-state index >= 15 is 0 Å². The Bertz CT molecular complexity index is 1200. The van der Waals surface area contributed by atoms with Crippen LogP contribution in [0.15, 0.2) is 61.1 Å². The van der Waals surface area contributed by atoms with Gasteiger partial charge in [-0.3, -0.25) is 19.7 Å². The molecule has 0 radical (unpaired) electrons. The van der Waals surface area contributed by atoms with Gasteiger partial charge < -0.3 is 10.7 Å². The summed E-state index contributed by atoms with van der Waals surface area (Å²) in [6.45, 7) is 2.74. The fraction of sp³-hybridized carbons (Fsp3) is 0.280. The molecule has 0 spiro atoms. The van der Waals surface area contributed by atoms with Crippen LogP contribution in [0, 0.1) is 6.92 Å². The third-order valence-electron chi connectivity index (χ3n) is 5.76. The van der Waals surface area contributed by atoms with Crippen LogP contribution in [0.1, 0.15) is 51.9 Å². The molecule has 5 rings (SSSR count). The summed E-state index contributed by atoms with van der Waals surface area (Å²) in [5.74, 6) is 0.447. The number of aromatic amines is 1. The fourth-order valence-corrected chi connectivity index (χ4v) is 4.08. The minimum absolute atomic E-state index is 0.305. The van der Waals surface area contributed by atoms with Gasteiger partial charge in [0.2, 0.25) is 5.91 Å². The van der Waals surface area contributed by atoms with Gasteiger partial charge in [0, 0.05) is 24.2 Å². The number of aromatic nitrogens is 4. The van der Waals surface area contributed by atoms with Gasteiger partial charge in [0.25, 0.3) is 0 Å². The van der Waals surface area contributed by atoms with Gasteiger partial charge in [-0.25, -0.2) is 4.98 Å². The molecule has 7 nitrogen and oxygen atoms in total. The van der Waals surface area contributed by atoms with E-state index in [2.05, 4.69) is 37.9 Å². The zero-order chi connectivity index (χ0) is 22.5. The van der Waals surface area contributed by atoms with Crippen molar-refractivity contribution in [2.45, 2.75) is 38.8 Å². The number of carbonyl (C=O) groups is 1. The van der Waals surface area contributed by atoms with Crippen LogP contribution >= 0.6 is 0 Å². The Morgan fingerprint density at radius 3 is 2.72 bits per heavy atom. The zero-order valence-electron chi connectivity index (χ0n) is 18.5. The minimum Gasteiger partial charge on any atom is -0.366 e. The maximum absolute atomic E-state index is 11.3. The number of fused-ring (bicyclic) bond motifs is 2. The summed E-state index contributed by atoms with van der Waals surface area (Å²) < 4.78 is 0. The van der Waals surface area contributed by atoms with Crippen molar-refractivity contribution >= 4 is 16.9 Å². The molecule has 7 heteroatoms. The zero-order valence-corrected chi connectivity index (χ0v) is 18.5. The van der Waals surface area contributed by atoms with Gasteiger partial charge in [-0.2, -0.15) is 0 Å². The number of rotatable bonds is 4. The van der Waals surface area contributed by atoms with Crippen molar-refractivity contribution in [2.24, 2.45) is 5.73 Å². The summed E-state index contributed by atoms with van der Waals surface area (Å²) in [6, 6.07) is 13.7. The number of imidazole rings is 1. The standard InChI is InChI=1S/C19H21N5O.C6H7N/c1-24(16-6-2-4-12-5-3-9-21-18(12)16)11-17-22-14-8-7-13(19(20)25)10-15(14)23-17;1-6-2-4-7-5-3-6/h3,5,7-10,16H,2,4,6,11H2,1H3,(H2,20,25)(H,22,23);2-5H,1H3. The van der Waals surface area contributed by atoms with Crippen molar-refractivity contribution < 1.29 is 4.79 Å². The van der Waals surface area contributed by atoms with E-state index in [-0.39, 0.29) is 0 Å². The van der Waals surface area contributed by atoms with E-state index in [9.17, 15) is 4.79 Å². The van der Waals surface area contributed by atoms with E-state index in [0.29, 0.717) is 18.2 Å². The summed E-state index contributed by atoms with van der Waals surface area (Å²) in [5, 5.41) is 0. The number of pyridine rings is 2. The van der Waals surface area contributed by atoms with Gasteiger partial charge in [-0.05, 0) is 80.8 Å². The Labute approximate surface area is 187 Å². The summed E-state index contributed by atoms with van der Waals surface area (Å²) in [5.41, 5.74) is 11.3. The molecule has 1 unspecified atom stereocenters. The molecule has 0 bridgehead atoms. The van der Waals surface area contributed by atoms with Gasteiger partial charge in [-0.1, -0.05) is 6.07 Å². The van der Waals surface area contributed by atoms with Gasteiger partial charge in [0.15, 0.2) is 0 Å². The molecule has 3 heterocycles. The highest BCUT2D eigenvalue weighted by molar-refractivity contribution is 5.96. The molecule has 164 valence electrons. The van der Waals surface area contributed by atoms with E-state index in [1.165, 1.54) is 23.2 Å². The van der Waals surface area contributed by atoms with E-state index < -0.39 is 5.91 Å². The van der Waals surface area contributed by atoms with Crippen molar-refractivity contribution in [2.75, 3.05) is 7.05 Å². The molecule has 0 aliphatic heterocycles. The number of primary amides is 1. The van der Waals surface area contributed by atoms with Gasteiger partial charge in [0.1, 0.15) is 5.82 Å². The fourth-order valence-electron chi connectivity index (χ4n) is 4.08. The highest BCUT2D eigenvalue weighted by Crippen LogP contribution is 2.32. The van der Waals surface area contributed by atoms with Crippen LogP contribution in [0.5, 0.6) is 0 Å². The van der Waals surface area contributed by atoms with E-state index in [1.54, 1.807) is 24.5 Å². The SMILES string of the molecule is CN(Cc1nc2ccc(C(N)=O)cc2[nH]1)C1CCCc2cccnc21.Cc1ccncc1. The van der Waals surface area contributed by atoms with E-state index in [1.807, 2.05) is 37.4 Å². The second kappa shape index (κ2) is 9.70. The highest BCUT2D eigenvalue weighted by atomic mass is 16.1. The molecule has 4 aromatic rings. The van der Waals surface area contributed by atoms with Crippen molar-refractivity contribution in [1.82, 2.24) is 24.8 Å². The summed E-state index contributed by atoms with van der Waals surface area (Å²) in [4.78, 5) is 30.0. The number of nitrogens with two attached hydrogens (primary N) is 1. The number of aryl methyl sites for hydroxylation is 2. The monoisotopic (exact) mass is 428 g/mol. The average molecular weight is 429 g/mol. The number of H-pyrrole nitrogens is 1. The number of nitrogens with zero attached hydrogens (tertiary/aromatic N) is 4. The molecule has 3 N–H and O–H groups in total. The largest absolute Gasteiger partial charge is 0.366 e. The molecule has 0 saturated heterocycles. The second-order valence-corrected chi connectivity index (χ2v) is 8.18. The van der Waals surface area contributed by atoms with Crippen LogP contribution in [0.4, 0.5) is 0 Å². The number of hydrogen-bond donors (Lipinski definition) is 2. The number of hydrogen-bond acceptors (Lipinski definition) is 5. The van der Waals surface area contributed by atoms with Crippen LogP contribution in [0.2, 0.25) is 0 Å². The topological polar surface area (TPSA) is 101 Å². The molecule has 0 fully saturated rings. The van der Waals surface area contributed by atoms with Crippen LogP contribution in [0.3, 0.4) is 0 Å². The minimum atomic E-state index is -0.431. The lowest BCUT2D eigenvalue weighted by Crippen LogP contribution is -2.28. The molecular weight excluding hydrogens is 400 g/mol. The number of benzene rings is 1. The van der Waals surface area contributed by atoms with Gasteiger partial charge in [0.05, 0.1) is 29.3 Å². The predicted octanol–water partition coefficient (Wildman–Crippen LogP) is 3.96. The Morgan fingerprint density at radius 1 is 1.19 bits per heavy atom. The molecular formula is C25H28N6O. The van der Waals surface area contributed by atoms with Gasteiger partial charge in [-0.15, -0.1) is 0 Å². The Hall–Kier alpha value is -3.58. The average Bonchev–Trinajstić information content (AvgIpc) is 3.21. The Balaban J connectivity index is 0.000000300. The van der Waals surface area contributed by atoms with Crippen molar-refractivity contribution in [3.8, 4) is 0 Å². The number of carbonyl (C=O) groups excluding carboxylic acids is 1. The van der Waals surface area contributed by atoms with Crippen LogP contribution in [-0.2, 0) is 13.0 Å². The summed E-state index contributed by atoms with van der Waals surface area (Å²) in [6.07, 6.45) is 8.83. The molecule has 1 aliphatic rings. The first-order chi connectivity index (χ1) is 15.5. The molecule has 32 heavy (non-hydrogen) atoms. The Kier molecular flexibility index (Phi) is 6.56. The normalized spacial score (nSPS) is 15.2. The van der Waals surface area contributed by atoms with Crippen molar-refractivity contribution in [3.63, 3.8) is 0 Å². The van der Waals surface area contributed by atoms with E-state index in [4.69, 9.17) is 5.73 Å². The van der Waals surface area contributed by atoms with Crippen LogP contribution < -0.4 is 5.73 Å². The third kappa shape index (κ3) is 5.00. The molecule has 1 aliphatic carbocycles. The molecule has 0 saturated carbocycles. The molecule has 3 aromatic heterocycles. The molecule has 1 aromatic carbocycles. The second-order valence-electron chi connectivity index (χ2n) is 8.18. The lowest BCUT2D eigenvalue weighted by atomic mass is 9.91.